The van der Waals surface area contributed by atoms with Gasteiger partial charge in [-0.05, 0) is 122 Å². The SMILES string of the molecule is Cc1ccc(N(c2ccc(C)cc2)c2c3ccccc3c(-c3cc(F)cc(-c4ccc5ccc6cccc7ccc4c5c67)c3)c3ccccc23)cc1. The first-order chi connectivity index (χ1) is 25.5. The fourth-order valence-corrected chi connectivity index (χ4v) is 8.33. The maximum absolute atomic E-state index is 16.1. The monoisotopic (exact) mass is 667 g/mol. The van der Waals surface area contributed by atoms with Gasteiger partial charge in [0.05, 0.1) is 5.69 Å². The Morgan fingerprint density at radius 1 is 0.404 bits per heavy atom. The van der Waals surface area contributed by atoms with Gasteiger partial charge in [-0.2, -0.15) is 0 Å². The van der Waals surface area contributed by atoms with Gasteiger partial charge in [0.15, 0.2) is 0 Å². The molecule has 2 heteroatoms. The smallest absolute Gasteiger partial charge is 0.124 e. The van der Waals surface area contributed by atoms with E-state index in [-0.39, 0.29) is 5.82 Å². The van der Waals surface area contributed by atoms with Crippen LogP contribution in [0.25, 0.3) is 76.1 Å². The highest BCUT2D eigenvalue weighted by atomic mass is 19.1. The topological polar surface area (TPSA) is 3.24 Å². The molecule has 0 N–H and O–H groups in total. The van der Waals surface area contributed by atoms with E-state index in [9.17, 15) is 0 Å². The predicted molar refractivity (Wildman–Crippen MR) is 220 cm³/mol. The van der Waals surface area contributed by atoms with Crippen LogP contribution in [0.5, 0.6) is 0 Å². The summed E-state index contributed by atoms with van der Waals surface area (Å²) >= 11 is 0. The highest BCUT2D eigenvalue weighted by Gasteiger charge is 2.23. The molecule has 0 saturated heterocycles. The molecule has 0 aliphatic rings. The molecule has 0 saturated carbocycles. The van der Waals surface area contributed by atoms with Crippen LogP contribution in [0.3, 0.4) is 0 Å². The highest BCUT2D eigenvalue weighted by molar-refractivity contribution is 6.26. The molecule has 0 bridgehead atoms. The van der Waals surface area contributed by atoms with Crippen LogP contribution in [0, 0.1) is 19.7 Å². The summed E-state index contributed by atoms with van der Waals surface area (Å²) < 4.78 is 16.1. The third-order valence-corrected chi connectivity index (χ3v) is 10.7. The molecule has 0 aliphatic carbocycles. The molecule has 10 rings (SSSR count). The number of fused-ring (bicyclic) bond motifs is 2. The van der Waals surface area contributed by atoms with Gasteiger partial charge in [0.2, 0.25) is 0 Å². The van der Waals surface area contributed by atoms with E-state index in [1.54, 1.807) is 12.1 Å². The maximum atomic E-state index is 16.1. The molecule has 10 aromatic rings. The van der Waals surface area contributed by atoms with E-state index in [2.05, 4.69) is 176 Å². The number of nitrogens with zero attached hydrogens (tertiary/aromatic N) is 1. The van der Waals surface area contributed by atoms with E-state index >= 15 is 4.39 Å². The summed E-state index contributed by atoms with van der Waals surface area (Å²) in [6.07, 6.45) is 0. The van der Waals surface area contributed by atoms with E-state index in [0.717, 1.165) is 66.2 Å². The van der Waals surface area contributed by atoms with E-state index in [1.807, 2.05) is 0 Å². The van der Waals surface area contributed by atoms with Crippen molar-refractivity contribution in [3.05, 3.63) is 187 Å². The van der Waals surface area contributed by atoms with Crippen molar-refractivity contribution in [1.29, 1.82) is 0 Å². The summed E-state index contributed by atoms with van der Waals surface area (Å²) in [5, 5.41) is 11.6. The van der Waals surface area contributed by atoms with Crippen LogP contribution in [0.2, 0.25) is 0 Å². The second-order valence-electron chi connectivity index (χ2n) is 14.0. The molecular formula is C50H34FN. The first kappa shape index (κ1) is 30.3. The molecular weight excluding hydrogens is 634 g/mol. The van der Waals surface area contributed by atoms with Crippen molar-refractivity contribution >= 4 is 70.9 Å². The average molecular weight is 668 g/mol. The molecule has 0 heterocycles. The van der Waals surface area contributed by atoms with Gasteiger partial charge in [0, 0.05) is 22.1 Å². The summed E-state index contributed by atoms with van der Waals surface area (Å²) in [6.45, 7) is 4.24. The van der Waals surface area contributed by atoms with Crippen LogP contribution in [0.15, 0.2) is 170 Å². The Labute approximate surface area is 302 Å². The Morgan fingerprint density at radius 2 is 0.904 bits per heavy atom. The molecule has 0 amide bonds. The normalized spacial score (nSPS) is 11.8. The van der Waals surface area contributed by atoms with E-state index in [4.69, 9.17) is 0 Å². The van der Waals surface area contributed by atoms with Crippen LogP contribution in [0.1, 0.15) is 11.1 Å². The molecule has 0 spiro atoms. The van der Waals surface area contributed by atoms with Gasteiger partial charge >= 0.3 is 0 Å². The van der Waals surface area contributed by atoms with Crippen LogP contribution in [-0.2, 0) is 0 Å². The lowest BCUT2D eigenvalue weighted by molar-refractivity contribution is 0.629. The fraction of sp³-hybridized carbons (Fsp3) is 0.0400. The van der Waals surface area contributed by atoms with Crippen molar-refractivity contribution in [2.75, 3.05) is 4.90 Å². The highest BCUT2D eigenvalue weighted by Crippen LogP contribution is 2.49. The molecule has 1 nitrogen and oxygen atoms in total. The maximum Gasteiger partial charge on any atom is 0.124 e. The Morgan fingerprint density at radius 3 is 1.50 bits per heavy atom. The summed E-state index contributed by atoms with van der Waals surface area (Å²) in [6, 6.07) is 59.8. The van der Waals surface area contributed by atoms with E-state index < -0.39 is 0 Å². The second kappa shape index (κ2) is 11.8. The van der Waals surface area contributed by atoms with Crippen LogP contribution in [-0.4, -0.2) is 0 Å². The quantitative estimate of drug-likeness (QED) is 0.130. The molecule has 0 fully saturated rings. The molecule has 0 aliphatic heterocycles. The first-order valence-electron chi connectivity index (χ1n) is 17.9. The number of aryl methyl sites for hydroxylation is 2. The zero-order chi connectivity index (χ0) is 34.9. The predicted octanol–water partition coefficient (Wildman–Crippen LogP) is 14.5. The van der Waals surface area contributed by atoms with Gasteiger partial charge in [0.25, 0.3) is 0 Å². The standard InChI is InChI=1S/C50H34FN/c1-31-14-22-39(23-15-31)52(40-24-16-32(2)17-25-40)50-45-12-5-3-10-42(45)48(43-11-4-6-13-46(43)50)37-28-36(29-38(51)30-37)41-26-20-35-19-18-33-8-7-9-34-21-27-44(41)49(35)47(33)34/h3-30H,1-2H3. The minimum absolute atomic E-state index is 0.253. The van der Waals surface area contributed by atoms with Gasteiger partial charge < -0.3 is 4.90 Å². The lowest BCUT2D eigenvalue weighted by Crippen LogP contribution is -2.11. The van der Waals surface area contributed by atoms with Gasteiger partial charge in [0.1, 0.15) is 5.82 Å². The van der Waals surface area contributed by atoms with Crippen molar-refractivity contribution in [2.24, 2.45) is 0 Å². The minimum Gasteiger partial charge on any atom is -0.309 e. The summed E-state index contributed by atoms with van der Waals surface area (Å²) in [4.78, 5) is 2.37. The van der Waals surface area contributed by atoms with Crippen LogP contribution >= 0.6 is 0 Å². The fourth-order valence-electron chi connectivity index (χ4n) is 8.33. The first-order valence-corrected chi connectivity index (χ1v) is 17.9. The molecule has 0 unspecified atom stereocenters. The van der Waals surface area contributed by atoms with Crippen LogP contribution in [0.4, 0.5) is 21.5 Å². The Hall–Kier alpha value is -6.51. The Kier molecular flexibility index (Phi) is 6.87. The third kappa shape index (κ3) is 4.76. The third-order valence-electron chi connectivity index (χ3n) is 10.7. The van der Waals surface area contributed by atoms with E-state index in [0.29, 0.717) is 0 Å². The van der Waals surface area contributed by atoms with Crippen molar-refractivity contribution < 1.29 is 4.39 Å². The van der Waals surface area contributed by atoms with Gasteiger partial charge in [-0.1, -0.05) is 139 Å². The molecule has 246 valence electrons. The number of hydrogen-bond donors (Lipinski definition) is 0. The zero-order valence-corrected chi connectivity index (χ0v) is 29.0. The molecule has 10 aromatic carbocycles. The zero-order valence-electron chi connectivity index (χ0n) is 29.0. The molecule has 0 radical (unpaired) electrons. The Balaban J connectivity index is 1.25. The van der Waals surface area contributed by atoms with Crippen molar-refractivity contribution in [1.82, 2.24) is 0 Å². The number of benzene rings is 10. The summed E-state index contributed by atoms with van der Waals surface area (Å²) in [5.41, 5.74) is 9.48. The number of rotatable bonds is 5. The van der Waals surface area contributed by atoms with Gasteiger partial charge in [-0.3, -0.25) is 0 Å². The van der Waals surface area contributed by atoms with E-state index in [1.165, 1.54) is 38.1 Å². The lowest BCUT2D eigenvalue weighted by Gasteiger charge is -2.29. The summed E-state index contributed by atoms with van der Waals surface area (Å²) in [7, 11) is 0. The molecule has 0 atom stereocenters. The van der Waals surface area contributed by atoms with Gasteiger partial charge in [-0.25, -0.2) is 4.39 Å². The largest absolute Gasteiger partial charge is 0.309 e. The second-order valence-corrected chi connectivity index (χ2v) is 14.0. The van der Waals surface area contributed by atoms with Crippen LogP contribution < -0.4 is 4.90 Å². The molecule has 0 aromatic heterocycles. The van der Waals surface area contributed by atoms with Gasteiger partial charge in [-0.15, -0.1) is 0 Å². The van der Waals surface area contributed by atoms with Crippen molar-refractivity contribution in [3.63, 3.8) is 0 Å². The number of anilines is 3. The molecule has 52 heavy (non-hydrogen) atoms. The average Bonchev–Trinajstić information content (AvgIpc) is 3.18. The lowest BCUT2D eigenvalue weighted by atomic mass is 9.87. The minimum atomic E-state index is -0.253. The Bertz CT molecular complexity index is 2860. The van der Waals surface area contributed by atoms with Crippen molar-refractivity contribution in [3.8, 4) is 22.3 Å². The van der Waals surface area contributed by atoms with Crippen molar-refractivity contribution in [2.45, 2.75) is 13.8 Å². The summed E-state index contributed by atoms with van der Waals surface area (Å²) in [5.74, 6) is -0.253. The number of hydrogen-bond acceptors (Lipinski definition) is 1. The number of halogens is 1.